The summed E-state index contributed by atoms with van der Waals surface area (Å²) in [4.78, 5) is 11.3. The molecule has 0 saturated carbocycles. The molecule has 1 rings (SSSR count). The molecule has 0 fully saturated rings. The summed E-state index contributed by atoms with van der Waals surface area (Å²) in [5, 5.41) is 0. The normalized spacial score (nSPS) is 12.4. The van der Waals surface area contributed by atoms with E-state index in [2.05, 4.69) is 4.74 Å². The molecule has 0 amide bonds. The van der Waals surface area contributed by atoms with Crippen LogP contribution < -0.4 is 4.74 Å². The third-order valence-electron chi connectivity index (χ3n) is 2.29. The summed E-state index contributed by atoms with van der Waals surface area (Å²) in [6.45, 7) is 3.20. The standard InChI is InChI=1S/C11H10F4O2/c1-3-5(2)11(16)17-7-4-6(12)8(13)10(15)9(7)14/h4-5H,3H2,1-2H3. The Labute approximate surface area is 95.2 Å². The minimum Gasteiger partial charge on any atom is -0.423 e. The second-order valence-corrected chi connectivity index (χ2v) is 3.53. The van der Waals surface area contributed by atoms with Gasteiger partial charge in [-0.2, -0.15) is 4.39 Å². The van der Waals surface area contributed by atoms with Crippen molar-refractivity contribution in [3.05, 3.63) is 29.3 Å². The number of halogens is 4. The third kappa shape index (κ3) is 2.75. The number of hydrogen-bond acceptors (Lipinski definition) is 2. The van der Waals surface area contributed by atoms with Gasteiger partial charge in [-0.25, -0.2) is 13.2 Å². The van der Waals surface area contributed by atoms with Gasteiger partial charge in [-0.05, 0) is 6.42 Å². The first-order valence-corrected chi connectivity index (χ1v) is 4.93. The van der Waals surface area contributed by atoms with Crippen LogP contribution in [0.15, 0.2) is 6.07 Å². The van der Waals surface area contributed by atoms with Gasteiger partial charge in [0.15, 0.2) is 17.4 Å². The number of hydrogen-bond donors (Lipinski definition) is 0. The molecule has 17 heavy (non-hydrogen) atoms. The van der Waals surface area contributed by atoms with Gasteiger partial charge >= 0.3 is 5.97 Å². The molecule has 0 aliphatic carbocycles. The molecule has 0 N–H and O–H groups in total. The molecular formula is C11H10F4O2. The fraction of sp³-hybridized carbons (Fsp3) is 0.364. The van der Waals surface area contributed by atoms with Crippen molar-refractivity contribution in [1.29, 1.82) is 0 Å². The molecule has 0 spiro atoms. The lowest BCUT2D eigenvalue weighted by atomic mass is 10.1. The second kappa shape index (κ2) is 5.16. The van der Waals surface area contributed by atoms with E-state index in [9.17, 15) is 22.4 Å². The zero-order chi connectivity index (χ0) is 13.2. The lowest BCUT2D eigenvalue weighted by Gasteiger charge is -2.10. The molecular weight excluding hydrogens is 240 g/mol. The van der Waals surface area contributed by atoms with Crippen molar-refractivity contribution in [2.45, 2.75) is 20.3 Å². The monoisotopic (exact) mass is 250 g/mol. The van der Waals surface area contributed by atoms with Crippen LogP contribution in [-0.2, 0) is 4.79 Å². The molecule has 0 heterocycles. The molecule has 0 aliphatic heterocycles. The molecule has 0 aromatic heterocycles. The average Bonchev–Trinajstić information content (AvgIpc) is 2.32. The van der Waals surface area contributed by atoms with E-state index in [1.54, 1.807) is 6.92 Å². The van der Waals surface area contributed by atoms with Crippen LogP contribution in [0.3, 0.4) is 0 Å². The Morgan fingerprint density at radius 1 is 1.24 bits per heavy atom. The molecule has 1 atom stereocenters. The molecule has 2 nitrogen and oxygen atoms in total. The van der Waals surface area contributed by atoms with Crippen molar-refractivity contribution in [2.24, 2.45) is 5.92 Å². The largest absolute Gasteiger partial charge is 0.423 e. The molecule has 0 aliphatic rings. The molecule has 0 saturated heterocycles. The van der Waals surface area contributed by atoms with E-state index in [-0.39, 0.29) is 0 Å². The second-order valence-electron chi connectivity index (χ2n) is 3.53. The van der Waals surface area contributed by atoms with Gasteiger partial charge in [0.1, 0.15) is 0 Å². The van der Waals surface area contributed by atoms with Crippen molar-refractivity contribution >= 4 is 5.97 Å². The Kier molecular flexibility index (Phi) is 4.09. The van der Waals surface area contributed by atoms with Gasteiger partial charge in [-0.1, -0.05) is 13.8 Å². The van der Waals surface area contributed by atoms with Crippen LogP contribution in [0.1, 0.15) is 20.3 Å². The van der Waals surface area contributed by atoms with E-state index in [0.717, 1.165) is 0 Å². The molecule has 1 aromatic carbocycles. The van der Waals surface area contributed by atoms with Crippen LogP contribution in [0.25, 0.3) is 0 Å². The summed E-state index contributed by atoms with van der Waals surface area (Å²) in [6, 6.07) is 0.300. The summed E-state index contributed by atoms with van der Waals surface area (Å²) in [6.07, 6.45) is 0.423. The maximum absolute atomic E-state index is 13.1. The molecule has 0 radical (unpaired) electrons. The minimum atomic E-state index is -2.00. The molecule has 0 bridgehead atoms. The van der Waals surface area contributed by atoms with Crippen molar-refractivity contribution in [3.8, 4) is 5.75 Å². The Morgan fingerprint density at radius 2 is 1.82 bits per heavy atom. The quantitative estimate of drug-likeness (QED) is 0.271. The first-order chi connectivity index (χ1) is 7.88. The van der Waals surface area contributed by atoms with E-state index < -0.39 is 40.9 Å². The van der Waals surface area contributed by atoms with Crippen LogP contribution >= 0.6 is 0 Å². The van der Waals surface area contributed by atoms with Gasteiger partial charge in [-0.3, -0.25) is 4.79 Å². The summed E-state index contributed by atoms with van der Waals surface area (Å²) in [5.74, 6) is -9.62. The highest BCUT2D eigenvalue weighted by Gasteiger charge is 2.23. The molecule has 1 unspecified atom stereocenters. The average molecular weight is 250 g/mol. The minimum absolute atomic E-state index is 0.300. The number of carbonyl (C=O) groups excluding carboxylic acids is 1. The Balaban J connectivity index is 3.04. The number of rotatable bonds is 3. The predicted octanol–water partition coefficient (Wildman–Crippen LogP) is 3.19. The summed E-state index contributed by atoms with van der Waals surface area (Å²) >= 11 is 0. The van der Waals surface area contributed by atoms with Gasteiger partial charge < -0.3 is 4.74 Å². The van der Waals surface area contributed by atoms with Gasteiger partial charge in [-0.15, -0.1) is 0 Å². The van der Waals surface area contributed by atoms with Crippen LogP contribution in [0.5, 0.6) is 5.75 Å². The van der Waals surface area contributed by atoms with Crippen LogP contribution in [0.2, 0.25) is 0 Å². The van der Waals surface area contributed by atoms with Gasteiger partial charge in [0.25, 0.3) is 0 Å². The number of benzene rings is 1. The Bertz CT molecular complexity index is 446. The van der Waals surface area contributed by atoms with Crippen LogP contribution in [-0.4, -0.2) is 5.97 Å². The fourth-order valence-corrected chi connectivity index (χ4v) is 1.00. The third-order valence-corrected chi connectivity index (χ3v) is 2.29. The van der Waals surface area contributed by atoms with E-state index in [0.29, 0.717) is 12.5 Å². The van der Waals surface area contributed by atoms with E-state index in [1.165, 1.54) is 6.92 Å². The topological polar surface area (TPSA) is 26.3 Å². The van der Waals surface area contributed by atoms with Crippen molar-refractivity contribution in [1.82, 2.24) is 0 Å². The molecule has 6 heteroatoms. The zero-order valence-electron chi connectivity index (χ0n) is 9.19. The van der Waals surface area contributed by atoms with Gasteiger partial charge in [0.05, 0.1) is 5.92 Å². The maximum Gasteiger partial charge on any atom is 0.314 e. The molecule has 1 aromatic rings. The molecule has 94 valence electrons. The van der Waals surface area contributed by atoms with Gasteiger partial charge in [0.2, 0.25) is 11.6 Å². The Hall–Kier alpha value is -1.59. The van der Waals surface area contributed by atoms with E-state index >= 15 is 0 Å². The fourth-order valence-electron chi connectivity index (χ4n) is 1.00. The SMILES string of the molecule is CCC(C)C(=O)Oc1cc(F)c(F)c(F)c1F. The highest BCUT2D eigenvalue weighted by atomic mass is 19.2. The number of ether oxygens (including phenoxy) is 1. The summed E-state index contributed by atoms with van der Waals surface area (Å²) in [5.41, 5.74) is 0. The first kappa shape index (κ1) is 13.5. The Morgan fingerprint density at radius 3 is 2.35 bits per heavy atom. The number of esters is 1. The predicted molar refractivity (Wildman–Crippen MR) is 51.4 cm³/mol. The van der Waals surface area contributed by atoms with Gasteiger partial charge in [0, 0.05) is 6.07 Å². The highest BCUT2D eigenvalue weighted by Crippen LogP contribution is 2.25. The van der Waals surface area contributed by atoms with Crippen molar-refractivity contribution in [2.75, 3.05) is 0 Å². The zero-order valence-corrected chi connectivity index (χ0v) is 9.19. The van der Waals surface area contributed by atoms with E-state index in [4.69, 9.17) is 0 Å². The van der Waals surface area contributed by atoms with E-state index in [1.807, 2.05) is 0 Å². The summed E-state index contributed by atoms with van der Waals surface area (Å²) in [7, 11) is 0. The lowest BCUT2D eigenvalue weighted by Crippen LogP contribution is -2.18. The van der Waals surface area contributed by atoms with Crippen molar-refractivity contribution in [3.63, 3.8) is 0 Å². The smallest absolute Gasteiger partial charge is 0.314 e. The van der Waals surface area contributed by atoms with Crippen LogP contribution in [0.4, 0.5) is 17.6 Å². The lowest BCUT2D eigenvalue weighted by molar-refractivity contribution is -0.138. The maximum atomic E-state index is 13.1. The van der Waals surface area contributed by atoms with Crippen LogP contribution in [0, 0.1) is 29.2 Å². The highest BCUT2D eigenvalue weighted by molar-refractivity contribution is 5.74. The van der Waals surface area contributed by atoms with Crippen molar-refractivity contribution < 1.29 is 27.1 Å². The number of carbonyl (C=O) groups is 1. The summed E-state index contributed by atoms with van der Waals surface area (Å²) < 4.78 is 55.8. The first-order valence-electron chi connectivity index (χ1n) is 4.93.